The fraction of sp³-hybridized carbons (Fsp3) is 0.412. The van der Waals surface area contributed by atoms with Crippen molar-refractivity contribution in [3.05, 3.63) is 40.2 Å². The van der Waals surface area contributed by atoms with Crippen LogP contribution in [0.4, 0.5) is 0 Å². The lowest BCUT2D eigenvalue weighted by molar-refractivity contribution is 0.0757. The summed E-state index contributed by atoms with van der Waals surface area (Å²) in [6.07, 6.45) is 0.838. The third-order valence-corrected chi connectivity index (χ3v) is 3.24. The molecule has 0 saturated carbocycles. The molecule has 1 amide bonds. The summed E-state index contributed by atoms with van der Waals surface area (Å²) in [6.45, 7) is 4.89. The van der Waals surface area contributed by atoms with Crippen molar-refractivity contribution in [2.24, 2.45) is 0 Å². The molecule has 0 atom stereocenters. The summed E-state index contributed by atoms with van der Waals surface area (Å²) in [5, 5.41) is 3.33. The van der Waals surface area contributed by atoms with Crippen LogP contribution in [0.15, 0.2) is 33.5 Å². The third kappa shape index (κ3) is 4.56. The van der Waals surface area contributed by atoms with E-state index in [0.29, 0.717) is 36.3 Å². The van der Waals surface area contributed by atoms with Crippen molar-refractivity contribution in [3.63, 3.8) is 0 Å². The van der Waals surface area contributed by atoms with Crippen LogP contribution in [0.25, 0.3) is 11.0 Å². The Balaban J connectivity index is 2.07. The van der Waals surface area contributed by atoms with E-state index in [1.165, 1.54) is 6.07 Å². The summed E-state index contributed by atoms with van der Waals surface area (Å²) in [5.74, 6) is 0.177. The van der Waals surface area contributed by atoms with Gasteiger partial charge in [0.15, 0.2) is 0 Å². The summed E-state index contributed by atoms with van der Waals surface area (Å²) < 4.78 is 15.7. The van der Waals surface area contributed by atoms with Crippen molar-refractivity contribution >= 4 is 16.9 Å². The Bertz CT molecular complexity index is 735. The molecule has 0 spiro atoms. The van der Waals surface area contributed by atoms with Gasteiger partial charge in [-0.3, -0.25) is 4.79 Å². The molecule has 0 aliphatic heterocycles. The molecule has 124 valence electrons. The summed E-state index contributed by atoms with van der Waals surface area (Å²) in [6, 6.07) is 6.56. The van der Waals surface area contributed by atoms with E-state index >= 15 is 0 Å². The van der Waals surface area contributed by atoms with Crippen molar-refractivity contribution < 1.29 is 18.7 Å². The number of benzene rings is 1. The molecular weight excluding hydrogens is 298 g/mol. The number of nitrogens with one attached hydrogen (secondary N) is 1. The average Bonchev–Trinajstić information content (AvgIpc) is 2.53. The lowest BCUT2D eigenvalue weighted by atomic mass is 10.1. The number of carbonyl (C=O) groups excluding carboxylic acids is 1. The maximum Gasteiger partial charge on any atom is 0.349 e. The van der Waals surface area contributed by atoms with Gasteiger partial charge in [0.2, 0.25) is 0 Å². The molecular formula is C17H21NO5. The maximum atomic E-state index is 12.1. The van der Waals surface area contributed by atoms with E-state index in [1.807, 2.05) is 13.8 Å². The van der Waals surface area contributed by atoms with E-state index in [0.717, 1.165) is 0 Å². The van der Waals surface area contributed by atoms with Gasteiger partial charge in [-0.05, 0) is 44.5 Å². The zero-order chi connectivity index (χ0) is 16.8. The topological polar surface area (TPSA) is 77.8 Å². The smallest absolute Gasteiger partial charge is 0.349 e. The monoisotopic (exact) mass is 319 g/mol. The Morgan fingerprint density at radius 2 is 2.09 bits per heavy atom. The van der Waals surface area contributed by atoms with Gasteiger partial charge in [-0.15, -0.1) is 0 Å². The minimum atomic E-state index is -0.654. The first-order valence-electron chi connectivity index (χ1n) is 7.53. The molecule has 0 unspecified atom stereocenters. The lowest BCUT2D eigenvalue weighted by Gasteiger charge is -2.08. The quantitative estimate of drug-likeness (QED) is 0.626. The largest absolute Gasteiger partial charge is 0.497 e. The highest BCUT2D eigenvalue weighted by atomic mass is 16.5. The van der Waals surface area contributed by atoms with Crippen LogP contribution in [-0.2, 0) is 4.74 Å². The van der Waals surface area contributed by atoms with E-state index in [2.05, 4.69) is 5.32 Å². The van der Waals surface area contributed by atoms with Crippen LogP contribution in [0.1, 0.15) is 30.6 Å². The van der Waals surface area contributed by atoms with Gasteiger partial charge < -0.3 is 19.2 Å². The van der Waals surface area contributed by atoms with E-state index in [-0.39, 0.29) is 11.7 Å². The molecule has 6 nitrogen and oxygen atoms in total. The first-order valence-corrected chi connectivity index (χ1v) is 7.53. The number of hydrogen-bond acceptors (Lipinski definition) is 5. The molecule has 1 aromatic carbocycles. The van der Waals surface area contributed by atoms with Crippen LogP contribution >= 0.6 is 0 Å². The van der Waals surface area contributed by atoms with E-state index < -0.39 is 11.5 Å². The van der Waals surface area contributed by atoms with Gasteiger partial charge in [0, 0.05) is 18.5 Å². The van der Waals surface area contributed by atoms with Crippen LogP contribution < -0.4 is 15.7 Å². The molecule has 1 heterocycles. The molecule has 6 heteroatoms. The third-order valence-electron chi connectivity index (χ3n) is 3.24. The van der Waals surface area contributed by atoms with Crippen LogP contribution in [0.3, 0.4) is 0 Å². The number of fused-ring (bicyclic) bond motifs is 1. The molecule has 0 aliphatic carbocycles. The van der Waals surface area contributed by atoms with Gasteiger partial charge in [-0.25, -0.2) is 4.79 Å². The maximum absolute atomic E-state index is 12.1. The normalized spacial score (nSPS) is 11.0. The van der Waals surface area contributed by atoms with Crippen molar-refractivity contribution in [2.75, 3.05) is 20.3 Å². The summed E-state index contributed by atoms with van der Waals surface area (Å²) in [7, 11) is 1.55. The zero-order valence-corrected chi connectivity index (χ0v) is 13.5. The molecule has 0 saturated heterocycles. The molecule has 1 aromatic heterocycles. The molecule has 0 fully saturated rings. The minimum absolute atomic E-state index is 0.0180. The first kappa shape index (κ1) is 17.0. The predicted molar refractivity (Wildman–Crippen MR) is 87.1 cm³/mol. The fourth-order valence-electron chi connectivity index (χ4n) is 2.08. The molecule has 0 aliphatic rings. The molecule has 1 N–H and O–H groups in total. The van der Waals surface area contributed by atoms with Crippen LogP contribution in [0, 0.1) is 0 Å². The van der Waals surface area contributed by atoms with Gasteiger partial charge in [0.05, 0.1) is 13.2 Å². The number of rotatable bonds is 7. The summed E-state index contributed by atoms with van der Waals surface area (Å²) >= 11 is 0. The van der Waals surface area contributed by atoms with Crippen molar-refractivity contribution in [3.8, 4) is 5.75 Å². The number of ether oxygens (including phenoxy) is 2. The first-order chi connectivity index (χ1) is 11.0. The van der Waals surface area contributed by atoms with Gasteiger partial charge in [0.25, 0.3) is 5.91 Å². The van der Waals surface area contributed by atoms with Gasteiger partial charge in [0.1, 0.15) is 16.9 Å². The van der Waals surface area contributed by atoms with E-state index in [4.69, 9.17) is 13.9 Å². The Hall–Kier alpha value is -2.34. The fourth-order valence-corrected chi connectivity index (χ4v) is 2.08. The Labute approximate surface area is 134 Å². The van der Waals surface area contributed by atoms with Crippen LogP contribution in [0.2, 0.25) is 0 Å². The highest BCUT2D eigenvalue weighted by Crippen LogP contribution is 2.20. The minimum Gasteiger partial charge on any atom is -0.497 e. The Morgan fingerprint density at radius 3 is 2.78 bits per heavy atom. The lowest BCUT2D eigenvalue weighted by Crippen LogP contribution is -2.29. The van der Waals surface area contributed by atoms with Crippen molar-refractivity contribution in [2.45, 2.75) is 26.4 Å². The number of carbonyl (C=O) groups is 1. The van der Waals surface area contributed by atoms with Crippen molar-refractivity contribution in [1.82, 2.24) is 5.32 Å². The SMILES string of the molecule is COc1ccc2oc(=O)c(C(=O)NCCCOC(C)C)cc2c1. The standard InChI is InChI=1S/C17H21NO5/c1-11(2)22-8-4-7-18-16(19)14-10-12-9-13(21-3)5-6-15(12)23-17(14)20/h5-6,9-11H,4,7-8H2,1-3H3,(H,18,19). The van der Waals surface area contributed by atoms with Gasteiger partial charge >= 0.3 is 5.63 Å². The van der Waals surface area contributed by atoms with Gasteiger partial charge in [-0.1, -0.05) is 0 Å². The predicted octanol–water partition coefficient (Wildman–Crippen LogP) is 2.35. The molecule has 23 heavy (non-hydrogen) atoms. The van der Waals surface area contributed by atoms with Crippen LogP contribution in [0.5, 0.6) is 5.75 Å². The van der Waals surface area contributed by atoms with Gasteiger partial charge in [-0.2, -0.15) is 0 Å². The number of amides is 1. The van der Waals surface area contributed by atoms with E-state index in [1.54, 1.807) is 25.3 Å². The van der Waals surface area contributed by atoms with Crippen molar-refractivity contribution in [1.29, 1.82) is 0 Å². The van der Waals surface area contributed by atoms with E-state index in [9.17, 15) is 9.59 Å². The highest BCUT2D eigenvalue weighted by molar-refractivity contribution is 5.96. The number of methoxy groups -OCH3 is 1. The molecule has 0 radical (unpaired) electrons. The second-order valence-corrected chi connectivity index (χ2v) is 5.38. The molecule has 2 rings (SSSR count). The second-order valence-electron chi connectivity index (χ2n) is 5.38. The molecule has 2 aromatic rings. The number of hydrogen-bond donors (Lipinski definition) is 1. The Kier molecular flexibility index (Phi) is 5.76. The van der Waals surface area contributed by atoms with Crippen LogP contribution in [-0.4, -0.2) is 32.3 Å². The Morgan fingerprint density at radius 1 is 1.30 bits per heavy atom. The molecule has 0 bridgehead atoms. The second kappa shape index (κ2) is 7.78. The zero-order valence-electron chi connectivity index (χ0n) is 13.5. The summed E-state index contributed by atoms with van der Waals surface area (Å²) in [4.78, 5) is 24.0. The average molecular weight is 319 g/mol. The highest BCUT2D eigenvalue weighted by Gasteiger charge is 2.13. The summed E-state index contributed by atoms with van der Waals surface area (Å²) in [5.41, 5.74) is -0.258.